The fourth-order valence-electron chi connectivity index (χ4n) is 4.72. The van der Waals surface area contributed by atoms with E-state index in [-0.39, 0.29) is 6.10 Å². The number of aliphatic hydroxyl groups excluding tert-OH is 1. The maximum atomic E-state index is 10.4. The van der Waals surface area contributed by atoms with E-state index >= 15 is 0 Å². The smallest absolute Gasteiger partial charge is 0.0954 e. The Morgan fingerprint density at radius 1 is 1.41 bits per heavy atom. The van der Waals surface area contributed by atoms with Crippen LogP contribution in [0.2, 0.25) is 0 Å². The van der Waals surface area contributed by atoms with Gasteiger partial charge in [-0.1, -0.05) is 0 Å². The Morgan fingerprint density at radius 2 is 2.12 bits per heavy atom. The first-order valence-corrected chi connectivity index (χ1v) is 7.71. The van der Waals surface area contributed by atoms with Crippen LogP contribution in [0.4, 0.5) is 0 Å². The van der Waals surface area contributed by atoms with Gasteiger partial charge in [0, 0.05) is 17.5 Å². The lowest BCUT2D eigenvalue weighted by Crippen LogP contribution is -2.18. The zero-order valence-electron chi connectivity index (χ0n) is 10.2. The van der Waals surface area contributed by atoms with Gasteiger partial charge in [0.1, 0.15) is 0 Å². The third-order valence-electron chi connectivity index (χ3n) is 5.29. The SMILES string of the molecule is Cc1csc(CC(O)C2C3C4CCC(C4)C23)n1. The topological polar surface area (TPSA) is 33.1 Å². The number of hydrogen-bond donors (Lipinski definition) is 1. The van der Waals surface area contributed by atoms with Gasteiger partial charge in [-0.15, -0.1) is 11.3 Å². The van der Waals surface area contributed by atoms with Crippen molar-refractivity contribution < 1.29 is 5.11 Å². The molecule has 3 fully saturated rings. The number of hydrogen-bond acceptors (Lipinski definition) is 3. The molecule has 0 aromatic carbocycles. The zero-order chi connectivity index (χ0) is 11.6. The van der Waals surface area contributed by atoms with Crippen LogP contribution >= 0.6 is 11.3 Å². The Bertz CT molecular complexity index is 427. The van der Waals surface area contributed by atoms with E-state index in [9.17, 15) is 5.11 Å². The molecule has 0 aliphatic heterocycles. The fraction of sp³-hybridized carbons (Fsp3) is 0.786. The van der Waals surface area contributed by atoms with Gasteiger partial charge in [-0.25, -0.2) is 4.98 Å². The predicted octanol–water partition coefficient (Wildman–Crippen LogP) is 2.65. The zero-order valence-corrected chi connectivity index (χ0v) is 11.0. The summed E-state index contributed by atoms with van der Waals surface area (Å²) in [5.41, 5.74) is 1.09. The number of aliphatic hydroxyl groups is 1. The average molecular weight is 249 g/mol. The number of nitrogens with zero attached hydrogens (tertiary/aromatic N) is 1. The molecule has 0 spiro atoms. The van der Waals surface area contributed by atoms with Crippen LogP contribution in [0, 0.1) is 36.5 Å². The minimum atomic E-state index is -0.126. The van der Waals surface area contributed by atoms with E-state index in [1.165, 1.54) is 19.3 Å². The second kappa shape index (κ2) is 3.55. The van der Waals surface area contributed by atoms with Gasteiger partial charge in [-0.3, -0.25) is 0 Å². The van der Waals surface area contributed by atoms with Crippen LogP contribution in [-0.2, 0) is 6.42 Å². The second-order valence-corrected chi connectivity index (χ2v) is 7.16. The van der Waals surface area contributed by atoms with Gasteiger partial charge < -0.3 is 5.11 Å². The molecule has 1 aromatic rings. The molecule has 5 atom stereocenters. The van der Waals surface area contributed by atoms with Crippen molar-refractivity contribution in [2.24, 2.45) is 29.6 Å². The molecule has 1 aromatic heterocycles. The molecule has 2 bridgehead atoms. The Kier molecular flexibility index (Phi) is 2.19. The molecular formula is C14H19NOS. The van der Waals surface area contributed by atoms with Crippen LogP contribution < -0.4 is 0 Å². The summed E-state index contributed by atoms with van der Waals surface area (Å²) in [6.07, 6.45) is 5.00. The van der Waals surface area contributed by atoms with E-state index in [1.807, 2.05) is 6.92 Å². The lowest BCUT2D eigenvalue weighted by molar-refractivity contribution is 0.128. The molecule has 1 heterocycles. The summed E-state index contributed by atoms with van der Waals surface area (Å²) in [6, 6.07) is 0. The van der Waals surface area contributed by atoms with Crippen molar-refractivity contribution in [1.29, 1.82) is 0 Å². The molecule has 3 saturated carbocycles. The fourth-order valence-corrected chi connectivity index (χ4v) is 5.54. The minimum Gasteiger partial charge on any atom is -0.392 e. The first-order chi connectivity index (χ1) is 8.24. The molecule has 1 N–H and O–H groups in total. The molecule has 2 nitrogen and oxygen atoms in total. The van der Waals surface area contributed by atoms with Crippen LogP contribution in [0.5, 0.6) is 0 Å². The summed E-state index contributed by atoms with van der Waals surface area (Å²) in [6.45, 7) is 2.03. The van der Waals surface area contributed by atoms with Crippen LogP contribution in [0.1, 0.15) is 30.0 Å². The Morgan fingerprint density at radius 3 is 2.71 bits per heavy atom. The lowest BCUT2D eigenvalue weighted by atomic mass is 9.97. The van der Waals surface area contributed by atoms with Crippen molar-refractivity contribution >= 4 is 11.3 Å². The maximum Gasteiger partial charge on any atom is 0.0954 e. The Labute approximate surface area is 106 Å². The summed E-state index contributed by atoms with van der Waals surface area (Å²) in [5, 5.41) is 13.6. The summed E-state index contributed by atoms with van der Waals surface area (Å²) in [4.78, 5) is 4.47. The summed E-state index contributed by atoms with van der Waals surface area (Å²) >= 11 is 1.70. The molecule has 3 aliphatic rings. The van der Waals surface area contributed by atoms with Crippen molar-refractivity contribution in [1.82, 2.24) is 4.98 Å². The van der Waals surface area contributed by atoms with Crippen molar-refractivity contribution in [3.8, 4) is 0 Å². The summed E-state index contributed by atoms with van der Waals surface area (Å²) in [7, 11) is 0. The highest BCUT2D eigenvalue weighted by Gasteiger charge is 2.66. The van der Waals surface area contributed by atoms with Gasteiger partial charge in [0.25, 0.3) is 0 Å². The van der Waals surface area contributed by atoms with Gasteiger partial charge in [-0.05, 0) is 55.8 Å². The highest BCUT2D eigenvalue weighted by atomic mass is 32.1. The Hall–Kier alpha value is -0.410. The van der Waals surface area contributed by atoms with E-state index in [4.69, 9.17) is 0 Å². The lowest BCUT2D eigenvalue weighted by Gasteiger charge is -2.13. The van der Waals surface area contributed by atoms with Gasteiger partial charge in [0.2, 0.25) is 0 Å². The van der Waals surface area contributed by atoms with Crippen molar-refractivity contribution in [2.45, 2.75) is 38.7 Å². The molecule has 5 unspecified atom stereocenters. The first kappa shape index (κ1) is 10.5. The number of thiazole rings is 1. The van der Waals surface area contributed by atoms with E-state index in [0.717, 1.165) is 40.8 Å². The van der Waals surface area contributed by atoms with Crippen LogP contribution in [0.3, 0.4) is 0 Å². The molecule has 17 heavy (non-hydrogen) atoms. The van der Waals surface area contributed by atoms with Crippen LogP contribution in [0.25, 0.3) is 0 Å². The second-order valence-electron chi connectivity index (χ2n) is 6.22. The van der Waals surface area contributed by atoms with Gasteiger partial charge >= 0.3 is 0 Å². The van der Waals surface area contributed by atoms with Crippen molar-refractivity contribution in [2.75, 3.05) is 0 Å². The highest BCUT2D eigenvalue weighted by Crippen LogP contribution is 2.70. The third kappa shape index (κ3) is 1.52. The van der Waals surface area contributed by atoms with Gasteiger partial charge in [0.15, 0.2) is 0 Å². The highest BCUT2D eigenvalue weighted by molar-refractivity contribution is 7.09. The number of fused-ring (bicyclic) bond motifs is 5. The largest absolute Gasteiger partial charge is 0.392 e. The normalized spacial score (nSPS) is 43.8. The van der Waals surface area contributed by atoms with E-state index < -0.39 is 0 Å². The van der Waals surface area contributed by atoms with E-state index in [1.54, 1.807) is 11.3 Å². The Balaban J connectivity index is 1.44. The number of rotatable bonds is 3. The molecule has 92 valence electrons. The van der Waals surface area contributed by atoms with Gasteiger partial charge in [0.05, 0.1) is 11.1 Å². The first-order valence-electron chi connectivity index (χ1n) is 6.83. The van der Waals surface area contributed by atoms with E-state index in [0.29, 0.717) is 5.92 Å². The average Bonchev–Trinajstić information content (AvgIpc) is 2.65. The molecular weight excluding hydrogens is 230 g/mol. The molecule has 3 heteroatoms. The minimum absolute atomic E-state index is 0.126. The predicted molar refractivity (Wildman–Crippen MR) is 67.9 cm³/mol. The monoisotopic (exact) mass is 249 g/mol. The van der Waals surface area contributed by atoms with Crippen LogP contribution in [0.15, 0.2) is 5.38 Å². The van der Waals surface area contributed by atoms with Crippen molar-refractivity contribution in [3.63, 3.8) is 0 Å². The molecule has 0 radical (unpaired) electrons. The quantitative estimate of drug-likeness (QED) is 0.893. The summed E-state index contributed by atoms with van der Waals surface area (Å²) < 4.78 is 0. The third-order valence-corrected chi connectivity index (χ3v) is 6.28. The molecule has 0 saturated heterocycles. The number of aromatic nitrogens is 1. The number of aryl methyl sites for hydroxylation is 1. The van der Waals surface area contributed by atoms with E-state index in [2.05, 4.69) is 10.4 Å². The standard InChI is InChI=1S/C14H19NOS/c1-7-6-17-11(15-7)5-10(16)14-12-8-2-3-9(4-8)13(12)14/h6,8-10,12-14,16H,2-5H2,1H3. The maximum absolute atomic E-state index is 10.4. The van der Waals surface area contributed by atoms with Crippen molar-refractivity contribution in [3.05, 3.63) is 16.1 Å². The molecule has 4 rings (SSSR count). The molecule has 0 amide bonds. The van der Waals surface area contributed by atoms with Crippen LogP contribution in [-0.4, -0.2) is 16.2 Å². The summed E-state index contributed by atoms with van der Waals surface area (Å²) in [5.74, 6) is 4.30. The molecule has 3 aliphatic carbocycles. The van der Waals surface area contributed by atoms with Gasteiger partial charge in [-0.2, -0.15) is 0 Å².